The first-order chi connectivity index (χ1) is 13.0. The number of benzene rings is 2. The second kappa shape index (κ2) is 8.85. The van der Waals surface area contributed by atoms with Crippen LogP contribution in [-0.4, -0.2) is 17.9 Å². The standard InChI is InChI=1S/C23H28N2O2/c1-16-12-13-18(14-17(16)2)15-22(26)25-21-11-7-6-10-20(21)23(27)24-19-8-4-3-5-9-19/h6-7,10-14,19H,3-5,8-9,15H2,1-2H3,(H,24,27)(H,25,26). The van der Waals surface area contributed by atoms with Gasteiger partial charge in [-0.2, -0.15) is 0 Å². The number of aryl methyl sites for hydroxylation is 2. The fourth-order valence-electron chi connectivity index (χ4n) is 3.59. The Kier molecular flexibility index (Phi) is 6.28. The molecule has 0 atom stereocenters. The van der Waals surface area contributed by atoms with E-state index in [-0.39, 0.29) is 17.9 Å². The molecule has 0 spiro atoms. The predicted octanol–water partition coefficient (Wildman–Crippen LogP) is 4.55. The van der Waals surface area contributed by atoms with Crippen molar-refractivity contribution >= 4 is 17.5 Å². The Bertz CT molecular complexity index is 823. The van der Waals surface area contributed by atoms with Gasteiger partial charge in [0.2, 0.25) is 5.91 Å². The minimum Gasteiger partial charge on any atom is -0.349 e. The van der Waals surface area contributed by atoms with Crippen LogP contribution in [0.15, 0.2) is 42.5 Å². The van der Waals surface area contributed by atoms with Crippen LogP contribution in [0.3, 0.4) is 0 Å². The van der Waals surface area contributed by atoms with E-state index in [2.05, 4.69) is 17.6 Å². The minimum absolute atomic E-state index is 0.107. The van der Waals surface area contributed by atoms with Crippen LogP contribution >= 0.6 is 0 Å². The molecule has 0 unspecified atom stereocenters. The zero-order valence-electron chi connectivity index (χ0n) is 16.2. The summed E-state index contributed by atoms with van der Waals surface area (Å²) in [5.41, 5.74) is 4.45. The fourth-order valence-corrected chi connectivity index (χ4v) is 3.59. The molecule has 1 saturated carbocycles. The molecular formula is C23H28N2O2. The Labute approximate surface area is 161 Å². The van der Waals surface area contributed by atoms with Crippen molar-refractivity contribution in [2.24, 2.45) is 0 Å². The molecule has 0 saturated heterocycles. The van der Waals surface area contributed by atoms with Crippen LogP contribution in [0.1, 0.15) is 59.2 Å². The van der Waals surface area contributed by atoms with Crippen molar-refractivity contribution in [3.05, 3.63) is 64.7 Å². The highest BCUT2D eigenvalue weighted by Crippen LogP contribution is 2.20. The van der Waals surface area contributed by atoms with Gasteiger partial charge in [0.05, 0.1) is 17.7 Å². The Morgan fingerprint density at radius 3 is 2.44 bits per heavy atom. The van der Waals surface area contributed by atoms with E-state index in [9.17, 15) is 9.59 Å². The maximum Gasteiger partial charge on any atom is 0.253 e. The third-order valence-corrected chi connectivity index (χ3v) is 5.32. The third-order valence-electron chi connectivity index (χ3n) is 5.32. The zero-order chi connectivity index (χ0) is 19.2. The second-order valence-electron chi connectivity index (χ2n) is 7.50. The highest BCUT2D eigenvalue weighted by molar-refractivity contribution is 6.04. The molecule has 0 bridgehead atoms. The van der Waals surface area contributed by atoms with Gasteiger partial charge < -0.3 is 10.6 Å². The van der Waals surface area contributed by atoms with Crippen LogP contribution in [0, 0.1) is 13.8 Å². The lowest BCUT2D eigenvalue weighted by Crippen LogP contribution is -2.36. The van der Waals surface area contributed by atoms with E-state index < -0.39 is 0 Å². The smallest absolute Gasteiger partial charge is 0.253 e. The highest BCUT2D eigenvalue weighted by atomic mass is 16.2. The van der Waals surface area contributed by atoms with Gasteiger partial charge in [-0.3, -0.25) is 9.59 Å². The number of amides is 2. The van der Waals surface area contributed by atoms with E-state index in [1.165, 1.54) is 30.4 Å². The molecule has 0 aromatic heterocycles. The summed E-state index contributed by atoms with van der Waals surface area (Å²) >= 11 is 0. The number of anilines is 1. The van der Waals surface area contributed by atoms with Gasteiger partial charge in [0.1, 0.15) is 0 Å². The third kappa shape index (κ3) is 5.19. The lowest BCUT2D eigenvalue weighted by Gasteiger charge is -2.23. The normalized spacial score (nSPS) is 14.6. The number of hydrogen-bond donors (Lipinski definition) is 2. The number of carbonyl (C=O) groups is 2. The number of nitrogens with one attached hydrogen (secondary N) is 2. The monoisotopic (exact) mass is 364 g/mol. The maximum atomic E-state index is 12.7. The van der Waals surface area contributed by atoms with Gasteiger partial charge in [-0.05, 0) is 55.5 Å². The number of para-hydroxylation sites is 1. The molecule has 2 aromatic rings. The number of rotatable bonds is 5. The predicted molar refractivity (Wildman–Crippen MR) is 109 cm³/mol. The first kappa shape index (κ1) is 19.2. The van der Waals surface area contributed by atoms with E-state index >= 15 is 0 Å². The Morgan fingerprint density at radius 2 is 1.70 bits per heavy atom. The molecule has 27 heavy (non-hydrogen) atoms. The largest absolute Gasteiger partial charge is 0.349 e. The molecule has 4 nitrogen and oxygen atoms in total. The first-order valence-electron chi connectivity index (χ1n) is 9.79. The van der Waals surface area contributed by atoms with E-state index in [1.807, 2.05) is 37.3 Å². The van der Waals surface area contributed by atoms with E-state index in [0.29, 0.717) is 17.7 Å². The summed E-state index contributed by atoms with van der Waals surface area (Å²) in [6.45, 7) is 4.10. The number of carbonyl (C=O) groups excluding carboxylic acids is 2. The molecule has 2 N–H and O–H groups in total. The van der Waals surface area contributed by atoms with Crippen molar-refractivity contribution < 1.29 is 9.59 Å². The number of hydrogen-bond acceptors (Lipinski definition) is 2. The van der Waals surface area contributed by atoms with Crippen LogP contribution < -0.4 is 10.6 Å². The SMILES string of the molecule is Cc1ccc(CC(=O)Nc2ccccc2C(=O)NC2CCCCC2)cc1C. The fraction of sp³-hybridized carbons (Fsp3) is 0.391. The van der Waals surface area contributed by atoms with Gasteiger partial charge in [-0.15, -0.1) is 0 Å². The summed E-state index contributed by atoms with van der Waals surface area (Å²) in [6, 6.07) is 13.5. The molecule has 3 rings (SSSR count). The molecule has 0 radical (unpaired) electrons. The van der Waals surface area contributed by atoms with Gasteiger partial charge >= 0.3 is 0 Å². The molecule has 0 aliphatic heterocycles. The Balaban J connectivity index is 1.66. The molecule has 1 fully saturated rings. The lowest BCUT2D eigenvalue weighted by atomic mass is 9.95. The van der Waals surface area contributed by atoms with Crippen molar-refractivity contribution in [1.82, 2.24) is 5.32 Å². The Morgan fingerprint density at radius 1 is 0.963 bits per heavy atom. The van der Waals surface area contributed by atoms with Crippen LogP contribution in [-0.2, 0) is 11.2 Å². The summed E-state index contributed by atoms with van der Waals surface area (Å²) < 4.78 is 0. The molecule has 1 aliphatic carbocycles. The van der Waals surface area contributed by atoms with Gasteiger partial charge in [-0.1, -0.05) is 49.6 Å². The van der Waals surface area contributed by atoms with Crippen LogP contribution in [0.5, 0.6) is 0 Å². The quantitative estimate of drug-likeness (QED) is 0.818. The highest BCUT2D eigenvalue weighted by Gasteiger charge is 2.19. The molecule has 2 aromatic carbocycles. The Hall–Kier alpha value is -2.62. The second-order valence-corrected chi connectivity index (χ2v) is 7.50. The molecule has 4 heteroatoms. The zero-order valence-corrected chi connectivity index (χ0v) is 16.2. The summed E-state index contributed by atoms with van der Waals surface area (Å²) in [4.78, 5) is 25.2. The van der Waals surface area contributed by atoms with E-state index in [4.69, 9.17) is 0 Å². The van der Waals surface area contributed by atoms with Crippen molar-refractivity contribution in [2.75, 3.05) is 5.32 Å². The molecule has 142 valence electrons. The molecule has 1 aliphatic rings. The topological polar surface area (TPSA) is 58.2 Å². The van der Waals surface area contributed by atoms with Gasteiger partial charge in [0.25, 0.3) is 5.91 Å². The van der Waals surface area contributed by atoms with Crippen LogP contribution in [0.4, 0.5) is 5.69 Å². The van der Waals surface area contributed by atoms with E-state index in [1.54, 1.807) is 12.1 Å². The van der Waals surface area contributed by atoms with Crippen LogP contribution in [0.2, 0.25) is 0 Å². The molecule has 2 amide bonds. The lowest BCUT2D eigenvalue weighted by molar-refractivity contribution is -0.115. The maximum absolute atomic E-state index is 12.7. The van der Waals surface area contributed by atoms with Crippen molar-refractivity contribution in [3.8, 4) is 0 Å². The molecular weight excluding hydrogens is 336 g/mol. The summed E-state index contributed by atoms with van der Waals surface area (Å²) in [6.07, 6.45) is 5.94. The van der Waals surface area contributed by atoms with Gasteiger partial charge in [0, 0.05) is 6.04 Å². The van der Waals surface area contributed by atoms with Gasteiger partial charge in [0.15, 0.2) is 0 Å². The first-order valence-corrected chi connectivity index (χ1v) is 9.79. The minimum atomic E-state index is -0.115. The van der Waals surface area contributed by atoms with Crippen LogP contribution in [0.25, 0.3) is 0 Å². The van der Waals surface area contributed by atoms with Crippen molar-refractivity contribution in [2.45, 2.75) is 58.4 Å². The summed E-state index contributed by atoms with van der Waals surface area (Å²) in [5.74, 6) is -0.222. The average Bonchev–Trinajstić information content (AvgIpc) is 2.66. The summed E-state index contributed by atoms with van der Waals surface area (Å²) in [5, 5.41) is 6.03. The van der Waals surface area contributed by atoms with Crippen molar-refractivity contribution in [3.63, 3.8) is 0 Å². The average molecular weight is 364 g/mol. The van der Waals surface area contributed by atoms with Gasteiger partial charge in [-0.25, -0.2) is 0 Å². The van der Waals surface area contributed by atoms with Crippen molar-refractivity contribution in [1.29, 1.82) is 0 Å². The molecule has 0 heterocycles. The van der Waals surface area contributed by atoms with E-state index in [0.717, 1.165) is 18.4 Å². The summed E-state index contributed by atoms with van der Waals surface area (Å²) in [7, 11) is 0.